The molecule has 0 fully saturated rings. The maximum absolute atomic E-state index is 9.53. The van der Waals surface area contributed by atoms with Gasteiger partial charge in [-0.05, 0) is 33.6 Å². The summed E-state index contributed by atoms with van der Waals surface area (Å²) in [4.78, 5) is 0. The van der Waals surface area contributed by atoms with Crippen LogP contribution in [-0.2, 0) is 0 Å². The van der Waals surface area contributed by atoms with Crippen molar-refractivity contribution >= 4 is 0 Å². The number of hydrogen-bond donors (Lipinski definition) is 3. The highest BCUT2D eigenvalue weighted by Gasteiger charge is 2.26. The minimum atomic E-state index is -1.11. The first-order valence-electron chi connectivity index (χ1n) is 4.45. The molecule has 1 unspecified atom stereocenters. The zero-order chi connectivity index (χ0) is 10.7. The van der Waals surface area contributed by atoms with Crippen LogP contribution in [0.4, 0.5) is 0 Å². The highest BCUT2D eigenvalue weighted by Crippen LogP contribution is 2.19. The molecule has 0 aliphatic rings. The third-order valence-corrected chi connectivity index (χ3v) is 2.18. The van der Waals surface area contributed by atoms with Crippen molar-refractivity contribution in [2.75, 3.05) is 0 Å². The molecule has 2 atom stereocenters. The number of aliphatic hydroxyl groups is 3. The van der Waals surface area contributed by atoms with E-state index in [1.165, 1.54) is 6.08 Å². The molecule has 0 rings (SSSR count). The van der Waals surface area contributed by atoms with E-state index in [4.69, 9.17) is 0 Å². The topological polar surface area (TPSA) is 60.7 Å². The van der Waals surface area contributed by atoms with Crippen LogP contribution in [0, 0.1) is 0 Å². The standard InChI is InChI=1S/C10H20O3/c1-5-10(4,13)7-6-8(11)9(2,3)12/h5,8,11-13H,1,6-7H2,2-4H3/t8?,10-/m1/s1. The Balaban J connectivity index is 3.97. The lowest BCUT2D eigenvalue weighted by atomic mass is 9.92. The zero-order valence-electron chi connectivity index (χ0n) is 8.62. The maximum atomic E-state index is 9.53. The minimum Gasteiger partial charge on any atom is -0.390 e. The molecule has 0 aliphatic heterocycles. The smallest absolute Gasteiger partial charge is 0.0849 e. The normalized spacial score (nSPS) is 19.2. The average Bonchev–Trinajstić information content (AvgIpc) is 1.98. The summed E-state index contributed by atoms with van der Waals surface area (Å²) in [5, 5.41) is 28.4. The monoisotopic (exact) mass is 188 g/mol. The Morgan fingerprint density at radius 1 is 1.31 bits per heavy atom. The highest BCUT2D eigenvalue weighted by atomic mass is 16.3. The minimum absolute atomic E-state index is 0.350. The van der Waals surface area contributed by atoms with Crippen LogP contribution in [0.25, 0.3) is 0 Å². The zero-order valence-corrected chi connectivity index (χ0v) is 8.62. The molecule has 3 nitrogen and oxygen atoms in total. The van der Waals surface area contributed by atoms with Crippen LogP contribution >= 0.6 is 0 Å². The Labute approximate surface area is 79.7 Å². The molecule has 78 valence electrons. The van der Waals surface area contributed by atoms with Gasteiger partial charge in [0.05, 0.1) is 17.3 Å². The van der Waals surface area contributed by atoms with Crippen molar-refractivity contribution in [3.63, 3.8) is 0 Å². The van der Waals surface area contributed by atoms with E-state index < -0.39 is 17.3 Å². The fourth-order valence-corrected chi connectivity index (χ4v) is 0.884. The molecule has 0 aromatic heterocycles. The predicted molar refractivity (Wildman–Crippen MR) is 52.4 cm³/mol. The highest BCUT2D eigenvalue weighted by molar-refractivity contribution is 4.92. The SMILES string of the molecule is C=C[C@@](C)(O)CCC(O)C(C)(C)O. The predicted octanol–water partition coefficient (Wildman–Crippen LogP) is 0.835. The first kappa shape index (κ1) is 12.6. The van der Waals surface area contributed by atoms with E-state index in [1.54, 1.807) is 20.8 Å². The molecule has 13 heavy (non-hydrogen) atoms. The van der Waals surface area contributed by atoms with Gasteiger partial charge in [0.1, 0.15) is 0 Å². The van der Waals surface area contributed by atoms with Gasteiger partial charge in [-0.15, -0.1) is 6.58 Å². The van der Waals surface area contributed by atoms with E-state index in [9.17, 15) is 15.3 Å². The molecular formula is C10H20O3. The molecule has 0 saturated carbocycles. The molecule has 0 heterocycles. The molecule has 0 aromatic rings. The lowest BCUT2D eigenvalue weighted by Crippen LogP contribution is -2.37. The van der Waals surface area contributed by atoms with E-state index in [0.29, 0.717) is 12.8 Å². The van der Waals surface area contributed by atoms with Gasteiger partial charge in [-0.3, -0.25) is 0 Å². The molecule has 0 bridgehead atoms. The van der Waals surface area contributed by atoms with Gasteiger partial charge < -0.3 is 15.3 Å². The van der Waals surface area contributed by atoms with E-state index in [0.717, 1.165) is 0 Å². The fraction of sp³-hybridized carbons (Fsp3) is 0.800. The molecular weight excluding hydrogens is 168 g/mol. The average molecular weight is 188 g/mol. The molecule has 0 aromatic carbocycles. The maximum Gasteiger partial charge on any atom is 0.0849 e. The van der Waals surface area contributed by atoms with E-state index in [-0.39, 0.29) is 0 Å². The molecule has 0 saturated heterocycles. The van der Waals surface area contributed by atoms with Crippen LogP contribution in [0.15, 0.2) is 12.7 Å². The van der Waals surface area contributed by atoms with Crippen molar-refractivity contribution in [1.29, 1.82) is 0 Å². The van der Waals surface area contributed by atoms with Crippen molar-refractivity contribution in [1.82, 2.24) is 0 Å². The Hall–Kier alpha value is -0.380. The van der Waals surface area contributed by atoms with Gasteiger partial charge in [0, 0.05) is 0 Å². The summed E-state index contributed by atoms with van der Waals surface area (Å²) in [6.45, 7) is 8.18. The van der Waals surface area contributed by atoms with Crippen molar-refractivity contribution in [2.45, 2.75) is 50.9 Å². The number of rotatable bonds is 5. The van der Waals surface area contributed by atoms with Gasteiger partial charge in [0.2, 0.25) is 0 Å². The summed E-state index contributed by atoms with van der Waals surface area (Å²) < 4.78 is 0. The summed E-state index contributed by atoms with van der Waals surface area (Å²) >= 11 is 0. The summed E-state index contributed by atoms with van der Waals surface area (Å²) in [5.74, 6) is 0. The fourth-order valence-electron chi connectivity index (χ4n) is 0.884. The molecule has 0 amide bonds. The van der Waals surface area contributed by atoms with Crippen LogP contribution in [-0.4, -0.2) is 32.6 Å². The van der Waals surface area contributed by atoms with E-state index in [2.05, 4.69) is 6.58 Å². The van der Waals surface area contributed by atoms with Gasteiger partial charge in [0.25, 0.3) is 0 Å². The van der Waals surface area contributed by atoms with Crippen LogP contribution in [0.3, 0.4) is 0 Å². The van der Waals surface area contributed by atoms with Crippen LogP contribution in [0.1, 0.15) is 33.6 Å². The molecule has 3 heteroatoms. The third-order valence-electron chi connectivity index (χ3n) is 2.18. The second kappa shape index (κ2) is 4.22. The summed E-state index contributed by atoms with van der Waals surface area (Å²) in [5.41, 5.74) is -2.08. The van der Waals surface area contributed by atoms with Gasteiger partial charge in [0.15, 0.2) is 0 Å². The van der Waals surface area contributed by atoms with Gasteiger partial charge in [-0.2, -0.15) is 0 Å². The lowest BCUT2D eigenvalue weighted by molar-refractivity contribution is -0.0591. The summed E-state index contributed by atoms with van der Waals surface area (Å²) in [7, 11) is 0. The van der Waals surface area contributed by atoms with Crippen molar-refractivity contribution in [3.8, 4) is 0 Å². The molecule has 0 spiro atoms. The lowest BCUT2D eigenvalue weighted by Gasteiger charge is -2.27. The summed E-state index contributed by atoms with van der Waals surface area (Å²) in [6.07, 6.45) is 1.35. The van der Waals surface area contributed by atoms with Crippen molar-refractivity contribution in [3.05, 3.63) is 12.7 Å². The molecule has 3 N–H and O–H groups in total. The first-order chi connectivity index (χ1) is 5.69. The Morgan fingerprint density at radius 3 is 2.08 bits per heavy atom. The van der Waals surface area contributed by atoms with Crippen molar-refractivity contribution < 1.29 is 15.3 Å². The molecule has 0 aliphatic carbocycles. The van der Waals surface area contributed by atoms with Crippen LogP contribution < -0.4 is 0 Å². The van der Waals surface area contributed by atoms with Gasteiger partial charge in [-0.1, -0.05) is 6.08 Å². The van der Waals surface area contributed by atoms with E-state index in [1.807, 2.05) is 0 Å². The number of hydrogen-bond acceptors (Lipinski definition) is 3. The Bertz CT molecular complexity index is 167. The third kappa shape index (κ3) is 5.03. The van der Waals surface area contributed by atoms with Gasteiger partial charge >= 0.3 is 0 Å². The molecule has 0 radical (unpaired) electrons. The second-order valence-corrected chi connectivity index (χ2v) is 4.27. The Morgan fingerprint density at radius 2 is 1.77 bits per heavy atom. The first-order valence-corrected chi connectivity index (χ1v) is 4.45. The Kier molecular flexibility index (Phi) is 4.10. The van der Waals surface area contributed by atoms with E-state index >= 15 is 0 Å². The second-order valence-electron chi connectivity index (χ2n) is 4.27. The van der Waals surface area contributed by atoms with Gasteiger partial charge in [-0.25, -0.2) is 0 Å². The van der Waals surface area contributed by atoms with Crippen LogP contribution in [0.2, 0.25) is 0 Å². The van der Waals surface area contributed by atoms with Crippen LogP contribution in [0.5, 0.6) is 0 Å². The summed E-state index contributed by atoms with van der Waals surface area (Å²) in [6, 6.07) is 0. The largest absolute Gasteiger partial charge is 0.390 e. The van der Waals surface area contributed by atoms with Crippen molar-refractivity contribution in [2.24, 2.45) is 0 Å². The number of aliphatic hydroxyl groups excluding tert-OH is 1. The quantitative estimate of drug-likeness (QED) is 0.560.